The number of hydrogen-bond donors (Lipinski definition) is 0. The smallest absolute Gasteiger partial charge is 0.246 e. The molecular formula is C23H28N4O3S. The summed E-state index contributed by atoms with van der Waals surface area (Å²) >= 11 is 1.38. The molecule has 0 radical (unpaired) electrons. The zero-order valence-electron chi connectivity index (χ0n) is 17.8. The quantitative estimate of drug-likeness (QED) is 0.646. The van der Waals surface area contributed by atoms with E-state index in [-0.39, 0.29) is 11.8 Å². The van der Waals surface area contributed by atoms with Crippen molar-refractivity contribution in [3.05, 3.63) is 47.5 Å². The summed E-state index contributed by atoms with van der Waals surface area (Å²) in [6.45, 7) is 6.58. The molecule has 8 heteroatoms. The largest absolute Gasteiger partial charge is 0.377 e. The SMILES string of the molecule is CC(=O)N(c1ccccc1)c1nc(/C=C/C(=O)N2CCN(CC3CCCO3)CC2)cs1. The van der Waals surface area contributed by atoms with Gasteiger partial charge < -0.3 is 9.64 Å². The van der Waals surface area contributed by atoms with Crippen LogP contribution in [0.1, 0.15) is 25.5 Å². The summed E-state index contributed by atoms with van der Waals surface area (Å²) < 4.78 is 5.72. The van der Waals surface area contributed by atoms with Crippen molar-refractivity contribution >= 4 is 40.0 Å². The van der Waals surface area contributed by atoms with Crippen LogP contribution in [-0.2, 0) is 14.3 Å². The molecule has 3 heterocycles. The summed E-state index contributed by atoms with van der Waals surface area (Å²) in [5.41, 5.74) is 1.45. The molecule has 4 rings (SSSR count). The molecule has 0 spiro atoms. The molecule has 7 nitrogen and oxygen atoms in total. The van der Waals surface area contributed by atoms with Gasteiger partial charge >= 0.3 is 0 Å². The Hall–Kier alpha value is -2.55. The van der Waals surface area contributed by atoms with Crippen molar-refractivity contribution in [2.24, 2.45) is 0 Å². The zero-order chi connectivity index (χ0) is 21.6. The van der Waals surface area contributed by atoms with E-state index in [2.05, 4.69) is 9.88 Å². The third kappa shape index (κ3) is 5.58. The number of piperazine rings is 1. The van der Waals surface area contributed by atoms with E-state index in [4.69, 9.17) is 4.74 Å². The molecule has 2 aliphatic rings. The Kier molecular flexibility index (Phi) is 7.11. The minimum Gasteiger partial charge on any atom is -0.377 e. The first kappa shape index (κ1) is 21.7. The number of aromatic nitrogens is 1. The van der Waals surface area contributed by atoms with Gasteiger partial charge in [-0.05, 0) is 31.1 Å². The fourth-order valence-corrected chi connectivity index (χ4v) is 4.80. The van der Waals surface area contributed by atoms with Gasteiger partial charge in [0.15, 0.2) is 5.13 Å². The summed E-state index contributed by atoms with van der Waals surface area (Å²) in [6.07, 6.45) is 5.95. The average Bonchev–Trinajstić information content (AvgIpc) is 3.46. The molecule has 2 fully saturated rings. The second kappa shape index (κ2) is 10.2. The lowest BCUT2D eigenvalue weighted by Crippen LogP contribution is -2.50. The molecule has 0 aliphatic carbocycles. The highest BCUT2D eigenvalue weighted by molar-refractivity contribution is 7.14. The van der Waals surface area contributed by atoms with E-state index in [1.165, 1.54) is 18.3 Å². The van der Waals surface area contributed by atoms with Crippen LogP contribution in [0, 0.1) is 0 Å². The molecule has 2 aliphatic heterocycles. The summed E-state index contributed by atoms with van der Waals surface area (Å²) in [4.78, 5) is 35.1. The van der Waals surface area contributed by atoms with Crippen molar-refractivity contribution in [3.63, 3.8) is 0 Å². The van der Waals surface area contributed by atoms with Gasteiger partial charge in [0, 0.05) is 57.7 Å². The summed E-state index contributed by atoms with van der Waals surface area (Å²) in [6, 6.07) is 9.43. The molecular weight excluding hydrogens is 412 g/mol. The Morgan fingerprint density at radius 1 is 1.23 bits per heavy atom. The molecule has 2 aromatic rings. The van der Waals surface area contributed by atoms with Crippen LogP contribution in [0.2, 0.25) is 0 Å². The Morgan fingerprint density at radius 3 is 2.68 bits per heavy atom. The number of thiazole rings is 1. The highest BCUT2D eigenvalue weighted by Gasteiger charge is 2.24. The Labute approximate surface area is 186 Å². The Balaban J connectivity index is 1.32. The lowest BCUT2D eigenvalue weighted by molar-refractivity contribution is -0.127. The molecule has 1 unspecified atom stereocenters. The molecule has 0 bridgehead atoms. The maximum absolute atomic E-state index is 12.6. The normalized spacial score (nSPS) is 19.8. The minimum absolute atomic E-state index is 0.00204. The summed E-state index contributed by atoms with van der Waals surface area (Å²) in [5, 5.41) is 2.45. The van der Waals surface area contributed by atoms with Gasteiger partial charge in [-0.1, -0.05) is 18.2 Å². The highest BCUT2D eigenvalue weighted by Crippen LogP contribution is 2.29. The number of ether oxygens (including phenoxy) is 1. The first-order valence-electron chi connectivity index (χ1n) is 10.7. The number of anilines is 2. The van der Waals surface area contributed by atoms with Crippen LogP contribution < -0.4 is 4.90 Å². The van der Waals surface area contributed by atoms with Crippen LogP contribution in [0.15, 0.2) is 41.8 Å². The maximum Gasteiger partial charge on any atom is 0.246 e. The van der Waals surface area contributed by atoms with Crippen LogP contribution in [0.3, 0.4) is 0 Å². The Morgan fingerprint density at radius 2 is 2.00 bits per heavy atom. The van der Waals surface area contributed by atoms with Crippen molar-refractivity contribution < 1.29 is 14.3 Å². The predicted molar refractivity (Wildman–Crippen MR) is 122 cm³/mol. The van der Waals surface area contributed by atoms with Gasteiger partial charge in [-0.3, -0.25) is 19.4 Å². The molecule has 1 aromatic carbocycles. The molecule has 1 atom stereocenters. The van der Waals surface area contributed by atoms with Gasteiger partial charge in [0.2, 0.25) is 11.8 Å². The van der Waals surface area contributed by atoms with Gasteiger partial charge in [0.25, 0.3) is 0 Å². The fraction of sp³-hybridized carbons (Fsp3) is 0.435. The second-order valence-electron chi connectivity index (χ2n) is 7.84. The fourth-order valence-electron chi connectivity index (χ4n) is 3.95. The summed E-state index contributed by atoms with van der Waals surface area (Å²) in [5.74, 6) is -0.106. The zero-order valence-corrected chi connectivity index (χ0v) is 18.6. The standard InChI is InChI=1S/C23H28N4O3S/c1-18(28)27(20-6-3-2-4-7-20)23-24-19(17-31-23)9-10-22(29)26-13-11-25(12-14-26)16-21-8-5-15-30-21/h2-4,6-7,9-10,17,21H,5,8,11-16H2,1H3/b10-9+. The number of rotatable bonds is 6. The number of nitrogens with zero attached hydrogens (tertiary/aromatic N) is 4. The first-order valence-corrected chi connectivity index (χ1v) is 11.6. The molecule has 2 saturated heterocycles. The number of carbonyl (C=O) groups excluding carboxylic acids is 2. The lowest BCUT2D eigenvalue weighted by atomic mass is 10.2. The van der Waals surface area contributed by atoms with Gasteiger partial charge in [0.1, 0.15) is 0 Å². The average molecular weight is 441 g/mol. The highest BCUT2D eigenvalue weighted by atomic mass is 32.1. The number of para-hydroxylation sites is 1. The molecule has 0 saturated carbocycles. The van der Waals surface area contributed by atoms with Crippen LogP contribution in [-0.4, -0.2) is 72.0 Å². The topological polar surface area (TPSA) is 66.0 Å². The van der Waals surface area contributed by atoms with Crippen molar-refractivity contribution in [3.8, 4) is 0 Å². The van der Waals surface area contributed by atoms with E-state index < -0.39 is 0 Å². The first-order chi connectivity index (χ1) is 15.1. The second-order valence-corrected chi connectivity index (χ2v) is 8.68. The molecule has 31 heavy (non-hydrogen) atoms. The van der Waals surface area contributed by atoms with Crippen LogP contribution in [0.5, 0.6) is 0 Å². The van der Waals surface area contributed by atoms with Gasteiger partial charge in [0.05, 0.1) is 17.5 Å². The number of amides is 2. The van der Waals surface area contributed by atoms with Gasteiger partial charge in [-0.25, -0.2) is 4.98 Å². The minimum atomic E-state index is -0.104. The third-order valence-corrected chi connectivity index (χ3v) is 6.44. The van der Waals surface area contributed by atoms with Crippen LogP contribution in [0.4, 0.5) is 10.8 Å². The van der Waals surface area contributed by atoms with Crippen molar-refractivity contribution in [1.82, 2.24) is 14.8 Å². The van der Waals surface area contributed by atoms with Crippen molar-refractivity contribution in [2.45, 2.75) is 25.9 Å². The maximum atomic E-state index is 12.6. The summed E-state index contributed by atoms with van der Waals surface area (Å²) in [7, 11) is 0. The lowest BCUT2D eigenvalue weighted by Gasteiger charge is -2.35. The molecule has 0 N–H and O–H groups in total. The van der Waals surface area contributed by atoms with E-state index >= 15 is 0 Å². The van der Waals surface area contributed by atoms with Gasteiger partial charge in [-0.15, -0.1) is 11.3 Å². The van der Waals surface area contributed by atoms with Crippen molar-refractivity contribution in [1.29, 1.82) is 0 Å². The van der Waals surface area contributed by atoms with Gasteiger partial charge in [-0.2, -0.15) is 0 Å². The number of carbonyl (C=O) groups is 2. The van der Waals surface area contributed by atoms with E-state index in [0.29, 0.717) is 16.9 Å². The predicted octanol–water partition coefficient (Wildman–Crippen LogP) is 3.16. The molecule has 2 amide bonds. The van der Waals surface area contributed by atoms with Crippen LogP contribution >= 0.6 is 11.3 Å². The third-order valence-electron chi connectivity index (χ3n) is 5.60. The van der Waals surface area contributed by atoms with E-state index in [1.54, 1.807) is 17.1 Å². The van der Waals surface area contributed by atoms with E-state index in [0.717, 1.165) is 57.9 Å². The number of benzene rings is 1. The van der Waals surface area contributed by atoms with Crippen LogP contribution in [0.25, 0.3) is 6.08 Å². The molecule has 1 aromatic heterocycles. The van der Waals surface area contributed by atoms with E-state index in [9.17, 15) is 9.59 Å². The number of hydrogen-bond acceptors (Lipinski definition) is 6. The monoisotopic (exact) mass is 440 g/mol. The van der Waals surface area contributed by atoms with Crippen molar-refractivity contribution in [2.75, 3.05) is 44.2 Å². The Bertz CT molecular complexity index is 916. The molecule has 164 valence electrons. The van der Waals surface area contributed by atoms with E-state index in [1.807, 2.05) is 40.6 Å².